The molecule has 0 unspecified atom stereocenters. The molecule has 0 aliphatic carbocycles. The highest BCUT2D eigenvalue weighted by atomic mass is 32.2. The van der Waals surface area contributed by atoms with Gasteiger partial charge in [0.2, 0.25) is 17.8 Å². The number of nitrogens with one attached hydrogen (secondary N) is 3. The maximum absolute atomic E-state index is 12.1. The van der Waals surface area contributed by atoms with Crippen molar-refractivity contribution < 1.29 is 63.4 Å². The minimum absolute atomic E-state index is 0.0437. The smallest absolute Gasteiger partial charge is 0.337 e. The van der Waals surface area contributed by atoms with Crippen LogP contribution < -0.4 is 16.0 Å². The summed E-state index contributed by atoms with van der Waals surface area (Å²) >= 11 is 0.445. The van der Waals surface area contributed by atoms with E-state index in [1.807, 2.05) is 0 Å². The van der Waals surface area contributed by atoms with Crippen LogP contribution in [0.25, 0.3) is 21.5 Å². The summed E-state index contributed by atoms with van der Waals surface area (Å²) in [6.07, 6.45) is 0. The van der Waals surface area contributed by atoms with Crippen LogP contribution >= 0.6 is 12.0 Å². The summed E-state index contributed by atoms with van der Waals surface area (Å²) in [5, 5.41) is 30.6. The number of benzene rings is 5. The van der Waals surface area contributed by atoms with E-state index in [0.29, 0.717) is 18.1 Å². The molecule has 0 atom stereocenters. The Balaban J connectivity index is 1.44. The van der Waals surface area contributed by atoms with Gasteiger partial charge in [0, 0.05) is 27.0 Å². The first-order chi connectivity index (χ1) is 25.4. The molecule has 6 rings (SSSR count). The highest BCUT2D eigenvalue weighted by Crippen LogP contribution is 2.34. The molecule has 8 N–H and O–H groups in total. The Morgan fingerprint density at radius 3 is 1.67 bits per heavy atom. The quantitative estimate of drug-likeness (QED) is 0.0318. The van der Waals surface area contributed by atoms with Crippen LogP contribution in [0.4, 0.5) is 34.9 Å². The second kappa shape index (κ2) is 14.7. The molecule has 1 aromatic heterocycles. The Hall–Kier alpha value is -5.54. The Morgan fingerprint density at radius 1 is 0.630 bits per heavy atom. The number of anilines is 6. The van der Waals surface area contributed by atoms with Crippen LogP contribution in [-0.2, 0) is 39.7 Å². The largest absolute Gasteiger partial charge is 0.478 e. The van der Waals surface area contributed by atoms with Gasteiger partial charge in [0.05, 0.1) is 28.2 Å². The summed E-state index contributed by atoms with van der Waals surface area (Å²) in [4.78, 5) is 22.9. The second-order valence-corrected chi connectivity index (χ2v) is 15.9. The predicted molar refractivity (Wildman–Crippen MR) is 191 cm³/mol. The fourth-order valence-corrected chi connectivity index (χ4v) is 7.77. The van der Waals surface area contributed by atoms with Crippen molar-refractivity contribution in [3.63, 3.8) is 0 Å². The van der Waals surface area contributed by atoms with E-state index in [0.717, 1.165) is 12.1 Å². The third kappa shape index (κ3) is 8.63. The van der Waals surface area contributed by atoms with Crippen LogP contribution in [0.5, 0.6) is 0 Å². The van der Waals surface area contributed by atoms with E-state index in [1.54, 1.807) is 6.07 Å². The number of para-hydroxylation sites is 1. The lowest BCUT2D eigenvalue weighted by molar-refractivity contribution is -0.432. The van der Waals surface area contributed by atoms with Crippen LogP contribution in [0, 0.1) is 0 Å². The van der Waals surface area contributed by atoms with Gasteiger partial charge in [-0.25, -0.2) is 10.1 Å². The molecule has 0 spiro atoms. The molecule has 0 radical (unpaired) electrons. The number of hydrogen-bond donors (Lipinski definition) is 8. The lowest BCUT2D eigenvalue weighted by Gasteiger charge is -2.14. The number of carboxylic acids is 1. The van der Waals surface area contributed by atoms with E-state index < -0.39 is 51.0 Å². The van der Waals surface area contributed by atoms with Crippen LogP contribution in [-0.4, -0.2) is 70.2 Å². The van der Waals surface area contributed by atoms with E-state index in [4.69, 9.17) is 5.26 Å². The van der Waals surface area contributed by atoms with E-state index in [9.17, 15) is 48.8 Å². The number of carboxylic acid groups (broad SMARTS) is 1. The molecule has 0 saturated heterocycles. The van der Waals surface area contributed by atoms with Gasteiger partial charge in [0.15, 0.2) is 0 Å². The van der Waals surface area contributed by atoms with Gasteiger partial charge in [-0.15, -0.1) is 4.33 Å². The van der Waals surface area contributed by atoms with Crippen molar-refractivity contribution in [1.82, 2.24) is 15.0 Å². The first-order valence-corrected chi connectivity index (χ1v) is 19.6. The third-order valence-corrected chi connectivity index (χ3v) is 10.5. The summed E-state index contributed by atoms with van der Waals surface area (Å²) < 4.78 is 106. The Kier molecular flexibility index (Phi) is 10.4. The fourth-order valence-electron chi connectivity index (χ4n) is 5.15. The van der Waals surface area contributed by atoms with Gasteiger partial charge in [-0.1, -0.05) is 29.3 Å². The molecule has 0 saturated carbocycles. The average Bonchev–Trinajstić information content (AvgIpc) is 3.08. The van der Waals surface area contributed by atoms with Crippen LogP contribution in [0.2, 0.25) is 0 Å². The minimum Gasteiger partial charge on any atom is -0.478 e. The molecule has 54 heavy (non-hydrogen) atoms. The van der Waals surface area contributed by atoms with Crippen molar-refractivity contribution >= 4 is 105 Å². The molecule has 0 amide bonds. The van der Waals surface area contributed by atoms with Gasteiger partial charge in [0.25, 0.3) is 30.4 Å². The number of rotatable bonds is 13. The van der Waals surface area contributed by atoms with E-state index in [1.165, 1.54) is 60.7 Å². The van der Waals surface area contributed by atoms with E-state index in [2.05, 4.69) is 40.3 Å². The van der Waals surface area contributed by atoms with Crippen molar-refractivity contribution in [2.24, 2.45) is 0 Å². The van der Waals surface area contributed by atoms with Gasteiger partial charge in [0.1, 0.15) is 9.79 Å². The SMILES string of the molecule is O=C(O)c1ccccc1Nc1nc(Nc2ccc3c(S(=O)(=O)O)cc(SOOO)cc3c2)nc(Nc2ccc3c(S(=O)(=O)O)cc(S(=O)(=O)O)cc3c2)n1. The number of hydrogen-bond acceptors (Lipinski definition) is 17. The van der Waals surface area contributed by atoms with Gasteiger partial charge >= 0.3 is 5.97 Å². The maximum Gasteiger partial charge on any atom is 0.337 e. The van der Waals surface area contributed by atoms with E-state index >= 15 is 0 Å². The van der Waals surface area contributed by atoms with Crippen molar-refractivity contribution in [2.75, 3.05) is 16.0 Å². The molecular formula is C30H22N6O14S4. The first-order valence-electron chi connectivity index (χ1n) is 14.5. The van der Waals surface area contributed by atoms with E-state index in [-0.39, 0.29) is 66.9 Å². The molecule has 24 heteroatoms. The molecular weight excluding hydrogens is 797 g/mol. The average molecular weight is 819 g/mol. The van der Waals surface area contributed by atoms with Gasteiger partial charge in [-0.3, -0.25) is 13.7 Å². The zero-order valence-corrected chi connectivity index (χ0v) is 29.7. The summed E-state index contributed by atoms with van der Waals surface area (Å²) in [7, 11) is -14.6. The highest BCUT2D eigenvalue weighted by Gasteiger charge is 2.22. The topological polar surface area (TPSA) is 314 Å². The molecule has 0 fully saturated rings. The molecule has 0 aliphatic heterocycles. The van der Waals surface area contributed by atoms with Gasteiger partial charge < -0.3 is 21.1 Å². The molecule has 5 aromatic carbocycles. The van der Waals surface area contributed by atoms with Crippen LogP contribution in [0.15, 0.2) is 105 Å². The second-order valence-electron chi connectivity index (χ2n) is 10.9. The minimum atomic E-state index is -4.95. The van der Waals surface area contributed by atoms with Gasteiger partial charge in [-0.05, 0) is 71.4 Å². The number of nitrogens with zero attached hydrogens (tertiary/aromatic N) is 3. The Bertz CT molecular complexity index is 2820. The Labute approximate surface area is 308 Å². The maximum atomic E-state index is 12.1. The first kappa shape index (κ1) is 38.2. The number of carbonyl (C=O) groups is 1. The van der Waals surface area contributed by atoms with Gasteiger partial charge in [-0.2, -0.15) is 40.2 Å². The highest BCUT2D eigenvalue weighted by molar-refractivity contribution is 7.94. The standard InChI is InChI=1S/C30H22N6O14S4/c37-27(38)23-3-1-2-4-24(23)33-30-35-28(31-17-5-7-21-15(9-17)11-19(51-50-49-39)13-25(21)53(43,44)45)34-29(36-30)32-18-6-8-22-16(10-18)12-20(52(40,41)42)14-26(22)54(46,47)48/h1-14,39H,(H,37,38)(H,40,41,42)(H,43,44,45)(H,46,47,48)(H3,31,32,33,34,35,36). The van der Waals surface area contributed by atoms with Crippen molar-refractivity contribution in [2.45, 2.75) is 19.6 Å². The molecule has 0 aliphatic rings. The predicted octanol–water partition coefficient (Wildman–Crippen LogP) is 5.28. The molecule has 280 valence electrons. The lowest BCUT2D eigenvalue weighted by Crippen LogP contribution is -2.09. The summed E-state index contributed by atoms with van der Waals surface area (Å²) in [6.45, 7) is 0. The monoisotopic (exact) mass is 818 g/mol. The van der Waals surface area contributed by atoms with Crippen LogP contribution in [0.1, 0.15) is 10.4 Å². The molecule has 20 nitrogen and oxygen atoms in total. The molecule has 6 aromatic rings. The number of aromatic carboxylic acids is 1. The lowest BCUT2D eigenvalue weighted by atomic mass is 10.1. The summed E-state index contributed by atoms with van der Waals surface area (Å²) in [6, 6.07) is 18.1. The zero-order chi connectivity index (χ0) is 39.0. The third-order valence-electron chi connectivity index (χ3n) is 7.34. The molecule has 0 bridgehead atoms. The van der Waals surface area contributed by atoms with Crippen molar-refractivity contribution in [3.05, 3.63) is 90.5 Å². The summed E-state index contributed by atoms with van der Waals surface area (Å²) in [5.41, 5.74) is 0.374. The fraction of sp³-hybridized carbons (Fsp3) is 0. The molecule has 1 heterocycles. The van der Waals surface area contributed by atoms with Crippen LogP contribution in [0.3, 0.4) is 0 Å². The normalized spacial score (nSPS) is 12.1. The Morgan fingerprint density at radius 2 is 1.15 bits per heavy atom. The number of aromatic nitrogens is 3. The zero-order valence-electron chi connectivity index (χ0n) is 26.5. The van der Waals surface area contributed by atoms with Crippen molar-refractivity contribution in [3.8, 4) is 0 Å². The van der Waals surface area contributed by atoms with Crippen molar-refractivity contribution in [1.29, 1.82) is 0 Å². The summed E-state index contributed by atoms with van der Waals surface area (Å²) in [5.74, 6) is -1.82. The number of fused-ring (bicyclic) bond motifs is 2.